The first-order valence-corrected chi connectivity index (χ1v) is 12.4. The first kappa shape index (κ1) is 28.3. The number of benzene rings is 3. The number of nitrogens with one attached hydrogen (secondary N) is 1. The molecular formula is C31H36FNO4. The zero-order chi connectivity index (χ0) is 27.0. The molecule has 0 aliphatic heterocycles. The van der Waals surface area contributed by atoms with E-state index in [1.165, 1.54) is 0 Å². The zero-order valence-corrected chi connectivity index (χ0v) is 21.9. The van der Waals surface area contributed by atoms with Gasteiger partial charge >= 0.3 is 5.97 Å². The van der Waals surface area contributed by atoms with Gasteiger partial charge in [0.2, 0.25) is 0 Å². The van der Waals surface area contributed by atoms with E-state index in [4.69, 9.17) is 9.84 Å². The van der Waals surface area contributed by atoms with Crippen molar-refractivity contribution in [1.29, 1.82) is 0 Å². The number of carboxylic acid groups (broad SMARTS) is 1. The summed E-state index contributed by atoms with van der Waals surface area (Å²) in [6, 6.07) is 19.9. The van der Waals surface area contributed by atoms with Crippen molar-refractivity contribution in [1.82, 2.24) is 5.32 Å². The van der Waals surface area contributed by atoms with Crippen LogP contribution in [0.15, 0.2) is 66.7 Å². The monoisotopic (exact) mass is 505 g/mol. The van der Waals surface area contributed by atoms with Crippen molar-refractivity contribution < 1.29 is 24.1 Å². The molecule has 6 heteroatoms. The second-order valence-electron chi connectivity index (χ2n) is 10.0. The van der Waals surface area contributed by atoms with Crippen LogP contribution in [0.3, 0.4) is 0 Å². The molecule has 0 amide bonds. The van der Waals surface area contributed by atoms with Gasteiger partial charge < -0.3 is 20.3 Å². The number of hydrogen-bond donors (Lipinski definition) is 3. The molecule has 196 valence electrons. The molecule has 3 aromatic carbocycles. The average Bonchev–Trinajstić information content (AvgIpc) is 2.87. The Labute approximate surface area is 218 Å². The molecular weight excluding hydrogens is 469 g/mol. The number of aromatic carboxylic acids is 1. The van der Waals surface area contributed by atoms with Crippen molar-refractivity contribution >= 4 is 18.1 Å². The lowest BCUT2D eigenvalue weighted by Crippen LogP contribution is -2.46. The quantitative estimate of drug-likeness (QED) is 0.261. The molecule has 0 aliphatic rings. The second-order valence-corrected chi connectivity index (χ2v) is 10.0. The van der Waals surface area contributed by atoms with E-state index in [1.807, 2.05) is 63.3 Å². The molecule has 2 atom stereocenters. The topological polar surface area (TPSA) is 78.8 Å². The van der Waals surface area contributed by atoms with E-state index in [0.717, 1.165) is 22.3 Å². The summed E-state index contributed by atoms with van der Waals surface area (Å²) in [5, 5.41) is 23.0. The smallest absolute Gasteiger partial charge is 0.335 e. The highest BCUT2D eigenvalue weighted by molar-refractivity contribution is 5.88. The fraction of sp³-hybridized carbons (Fsp3) is 0.323. The van der Waals surface area contributed by atoms with Crippen LogP contribution >= 0.6 is 0 Å². The number of aliphatic hydroxyl groups excluding tert-OH is 1. The molecule has 0 radical (unpaired) electrons. The molecule has 0 saturated heterocycles. The summed E-state index contributed by atoms with van der Waals surface area (Å²) in [5.41, 5.74) is 4.32. The van der Waals surface area contributed by atoms with E-state index in [0.29, 0.717) is 18.5 Å². The first-order valence-electron chi connectivity index (χ1n) is 12.4. The van der Waals surface area contributed by atoms with Crippen LogP contribution in [0.5, 0.6) is 0 Å². The van der Waals surface area contributed by atoms with Crippen LogP contribution in [0.4, 0.5) is 4.39 Å². The zero-order valence-electron chi connectivity index (χ0n) is 21.9. The van der Waals surface area contributed by atoms with E-state index in [2.05, 4.69) is 5.32 Å². The fourth-order valence-corrected chi connectivity index (χ4v) is 4.07. The van der Waals surface area contributed by atoms with Crippen LogP contribution in [-0.4, -0.2) is 41.0 Å². The van der Waals surface area contributed by atoms with Gasteiger partial charge in [-0.3, -0.25) is 0 Å². The number of β-amino-alcohol motifs (C(OH)–C–C–N with tert-alkyl or cyclic N) is 1. The molecule has 0 spiro atoms. The highest BCUT2D eigenvalue weighted by atomic mass is 19.1. The Morgan fingerprint density at radius 2 is 1.78 bits per heavy atom. The fourth-order valence-electron chi connectivity index (χ4n) is 4.07. The molecule has 3 rings (SSSR count). The van der Waals surface area contributed by atoms with Crippen LogP contribution in [-0.2, 0) is 11.2 Å². The molecule has 0 fully saturated rings. The van der Waals surface area contributed by atoms with Crippen LogP contribution in [0.1, 0.15) is 65.1 Å². The average molecular weight is 506 g/mol. The summed E-state index contributed by atoms with van der Waals surface area (Å²) in [6.45, 7) is 8.26. The minimum atomic E-state index is -0.950. The predicted octanol–water partition coefficient (Wildman–Crippen LogP) is 6.05. The Balaban J connectivity index is 1.53. The van der Waals surface area contributed by atoms with Crippen LogP contribution in [0.25, 0.3) is 12.2 Å². The summed E-state index contributed by atoms with van der Waals surface area (Å²) in [6.07, 6.45) is 3.59. The van der Waals surface area contributed by atoms with Gasteiger partial charge in [0, 0.05) is 12.1 Å². The van der Waals surface area contributed by atoms with Gasteiger partial charge in [-0.2, -0.15) is 0 Å². The van der Waals surface area contributed by atoms with Gasteiger partial charge in [-0.05, 0) is 80.1 Å². The Morgan fingerprint density at radius 1 is 1.08 bits per heavy atom. The minimum absolute atomic E-state index is 0.165. The maximum absolute atomic E-state index is 13.9. The lowest BCUT2D eigenvalue weighted by atomic mass is 9.94. The molecule has 0 saturated carbocycles. The predicted molar refractivity (Wildman–Crippen MR) is 146 cm³/mol. The van der Waals surface area contributed by atoms with Gasteiger partial charge in [-0.15, -0.1) is 0 Å². The van der Waals surface area contributed by atoms with Gasteiger partial charge in [0.15, 0.2) is 0 Å². The molecule has 0 aromatic heterocycles. The van der Waals surface area contributed by atoms with E-state index < -0.39 is 12.1 Å². The van der Waals surface area contributed by atoms with E-state index in [1.54, 1.807) is 43.3 Å². The van der Waals surface area contributed by atoms with Crippen LogP contribution < -0.4 is 5.32 Å². The van der Waals surface area contributed by atoms with E-state index in [-0.39, 0.29) is 29.6 Å². The Hall–Kier alpha value is -3.32. The molecule has 5 nitrogen and oxygen atoms in total. The number of rotatable bonds is 12. The molecule has 3 aromatic rings. The van der Waals surface area contributed by atoms with Crippen molar-refractivity contribution in [3.63, 3.8) is 0 Å². The van der Waals surface area contributed by atoms with Gasteiger partial charge in [-0.1, -0.05) is 60.7 Å². The largest absolute Gasteiger partial charge is 0.478 e. The van der Waals surface area contributed by atoms with Crippen LogP contribution in [0.2, 0.25) is 0 Å². The number of hydrogen-bond acceptors (Lipinski definition) is 4. The third-order valence-corrected chi connectivity index (χ3v) is 6.28. The summed E-state index contributed by atoms with van der Waals surface area (Å²) in [5.74, 6) is -1.16. The van der Waals surface area contributed by atoms with Crippen LogP contribution in [0, 0.1) is 12.7 Å². The van der Waals surface area contributed by atoms with E-state index >= 15 is 0 Å². The molecule has 3 N–H and O–H groups in total. The summed E-state index contributed by atoms with van der Waals surface area (Å²) < 4.78 is 19.9. The molecule has 1 unspecified atom stereocenters. The molecule has 37 heavy (non-hydrogen) atoms. The van der Waals surface area contributed by atoms with Gasteiger partial charge in [-0.25, -0.2) is 9.18 Å². The third-order valence-electron chi connectivity index (χ3n) is 6.28. The number of carbonyl (C=O) groups is 1. The summed E-state index contributed by atoms with van der Waals surface area (Å²) in [7, 11) is 0. The Morgan fingerprint density at radius 3 is 2.46 bits per heavy atom. The van der Waals surface area contributed by atoms with Crippen molar-refractivity contribution in [3.8, 4) is 0 Å². The number of halogens is 1. The standard InChI is InChI=1S/C31H36FNO4/c1-21-9-10-24(17-29(21)32)18-31(3,4)33-19-27(34)20-37-22(2)28-8-6-5-7-25(28)14-11-23-12-15-26(16-13-23)30(35)36/h5-17,22,27,33-34H,18-20H2,1-4H3,(H,35,36)/b14-11-/t22?,27-/m1/s1. The van der Waals surface area contributed by atoms with Crippen molar-refractivity contribution in [2.24, 2.45) is 0 Å². The Bertz CT molecular complexity index is 1220. The summed E-state index contributed by atoms with van der Waals surface area (Å²) in [4.78, 5) is 11.0. The first-order chi connectivity index (χ1) is 17.5. The van der Waals surface area contributed by atoms with E-state index in [9.17, 15) is 14.3 Å². The maximum Gasteiger partial charge on any atom is 0.335 e. The molecule has 0 aliphatic carbocycles. The normalized spacial score (nSPS) is 13.6. The van der Waals surface area contributed by atoms with Gasteiger partial charge in [0.1, 0.15) is 5.82 Å². The molecule has 0 bridgehead atoms. The third kappa shape index (κ3) is 8.64. The van der Waals surface area contributed by atoms with Crippen molar-refractivity contribution in [2.75, 3.05) is 13.2 Å². The SMILES string of the molecule is Cc1ccc(CC(C)(C)NC[C@@H](O)COC(C)c2ccccc2/C=C\c2ccc(C(=O)O)cc2)cc1F. The number of aliphatic hydroxyl groups is 1. The molecule has 0 heterocycles. The lowest BCUT2D eigenvalue weighted by Gasteiger charge is -2.28. The summed E-state index contributed by atoms with van der Waals surface area (Å²) >= 11 is 0. The highest BCUT2D eigenvalue weighted by Crippen LogP contribution is 2.23. The number of aryl methyl sites for hydroxylation is 1. The maximum atomic E-state index is 13.9. The minimum Gasteiger partial charge on any atom is -0.478 e. The van der Waals surface area contributed by atoms with Crippen molar-refractivity contribution in [3.05, 3.63) is 106 Å². The number of ether oxygens (including phenoxy) is 1. The Kier molecular flexibility index (Phi) is 9.75. The van der Waals surface area contributed by atoms with Gasteiger partial charge in [0.05, 0.1) is 24.4 Å². The number of carboxylic acids is 1. The van der Waals surface area contributed by atoms with Crippen molar-refractivity contribution in [2.45, 2.75) is 51.9 Å². The highest BCUT2D eigenvalue weighted by Gasteiger charge is 2.20. The van der Waals surface area contributed by atoms with Gasteiger partial charge in [0.25, 0.3) is 0 Å². The lowest BCUT2D eigenvalue weighted by molar-refractivity contribution is -0.00424. The second kappa shape index (κ2) is 12.8.